The van der Waals surface area contributed by atoms with Crippen LogP contribution in [0.4, 0.5) is 5.69 Å². The molecule has 0 unspecified atom stereocenters. The van der Waals surface area contributed by atoms with E-state index in [1.54, 1.807) is 24.7 Å². The van der Waals surface area contributed by atoms with E-state index < -0.39 is 0 Å². The fourth-order valence-electron chi connectivity index (χ4n) is 3.85. The lowest BCUT2D eigenvalue weighted by atomic mass is 10.0. The zero-order valence-electron chi connectivity index (χ0n) is 18.0. The summed E-state index contributed by atoms with van der Waals surface area (Å²) in [6, 6.07) is 21.2. The zero-order chi connectivity index (χ0) is 22.5. The van der Waals surface area contributed by atoms with Crippen molar-refractivity contribution in [1.29, 1.82) is 0 Å². The Kier molecular flexibility index (Phi) is 6.04. The Bertz CT molecular complexity index is 1280. The number of carbonyl (C=O) groups excluding carboxylic acids is 1. The summed E-state index contributed by atoms with van der Waals surface area (Å²) in [5.74, 6) is -0.287. The van der Waals surface area contributed by atoms with E-state index >= 15 is 0 Å². The van der Waals surface area contributed by atoms with Gasteiger partial charge in [-0.1, -0.05) is 30.3 Å². The van der Waals surface area contributed by atoms with E-state index in [2.05, 4.69) is 32.5 Å². The molecule has 2 aromatic carbocycles. The Hall–Kier alpha value is -4.10. The molecule has 164 valence electrons. The largest absolute Gasteiger partial charge is 0.378 e. The zero-order valence-corrected chi connectivity index (χ0v) is 18.0. The molecule has 1 saturated heterocycles. The topological polar surface area (TPSA) is 79.7 Å². The molecule has 1 amide bonds. The van der Waals surface area contributed by atoms with Crippen molar-refractivity contribution in [3.63, 3.8) is 0 Å². The quantitative estimate of drug-likeness (QED) is 0.378. The molecule has 0 saturated carbocycles. The molecule has 2 aromatic heterocycles. The van der Waals surface area contributed by atoms with Crippen LogP contribution >= 0.6 is 0 Å². The summed E-state index contributed by atoms with van der Waals surface area (Å²) in [6.45, 7) is 3.29. The number of morpholine rings is 1. The first-order chi connectivity index (χ1) is 16.3. The Balaban J connectivity index is 1.34. The number of aromatic nitrogens is 2. The smallest absolute Gasteiger partial charge is 0.272 e. The average Bonchev–Trinajstić information content (AvgIpc) is 2.89. The fourth-order valence-corrected chi connectivity index (χ4v) is 3.85. The van der Waals surface area contributed by atoms with Crippen LogP contribution in [0.15, 0.2) is 84.2 Å². The van der Waals surface area contributed by atoms with Crippen molar-refractivity contribution in [2.45, 2.75) is 0 Å². The number of rotatable bonds is 5. The standard InChI is InChI=1S/C26H23N5O2/c32-26(30-28-18-19-5-7-21(8-6-19)31-13-15-33-16-14-31)23-17-25(20-9-11-27-12-10-20)29-24-4-2-1-3-22(23)24/h1-12,17-18H,13-16H2,(H,30,32)/b28-18+. The lowest BCUT2D eigenvalue weighted by molar-refractivity contribution is 0.0956. The van der Waals surface area contributed by atoms with Crippen molar-refractivity contribution < 1.29 is 9.53 Å². The van der Waals surface area contributed by atoms with Crippen LogP contribution in [0.2, 0.25) is 0 Å². The van der Waals surface area contributed by atoms with Crippen molar-refractivity contribution >= 4 is 28.7 Å². The molecule has 0 bridgehead atoms. The maximum Gasteiger partial charge on any atom is 0.272 e. The van der Waals surface area contributed by atoms with Gasteiger partial charge >= 0.3 is 0 Å². The number of para-hydroxylation sites is 1. The van der Waals surface area contributed by atoms with E-state index in [1.807, 2.05) is 48.5 Å². The van der Waals surface area contributed by atoms with Crippen LogP contribution in [0, 0.1) is 0 Å². The molecule has 7 nitrogen and oxygen atoms in total. The van der Waals surface area contributed by atoms with E-state index in [4.69, 9.17) is 9.72 Å². The molecule has 0 atom stereocenters. The molecule has 1 aliphatic rings. The first-order valence-corrected chi connectivity index (χ1v) is 10.8. The second-order valence-corrected chi connectivity index (χ2v) is 7.70. The predicted octanol–water partition coefficient (Wildman–Crippen LogP) is 3.90. The number of hydrogen-bond acceptors (Lipinski definition) is 6. The molecule has 0 radical (unpaired) electrons. The molecule has 1 fully saturated rings. The lowest BCUT2D eigenvalue weighted by Crippen LogP contribution is -2.36. The number of nitrogens with one attached hydrogen (secondary N) is 1. The van der Waals surface area contributed by atoms with Crippen LogP contribution in [0.1, 0.15) is 15.9 Å². The van der Waals surface area contributed by atoms with Gasteiger partial charge in [-0.3, -0.25) is 9.78 Å². The number of anilines is 1. The Morgan fingerprint density at radius 1 is 1.00 bits per heavy atom. The van der Waals surface area contributed by atoms with E-state index in [-0.39, 0.29) is 5.91 Å². The van der Waals surface area contributed by atoms with Crippen molar-refractivity contribution in [1.82, 2.24) is 15.4 Å². The first kappa shape index (κ1) is 20.8. The molecule has 7 heteroatoms. The highest BCUT2D eigenvalue weighted by atomic mass is 16.5. The van der Waals surface area contributed by atoms with Gasteiger partial charge in [0.05, 0.1) is 36.2 Å². The summed E-state index contributed by atoms with van der Waals surface area (Å²) in [4.78, 5) is 24.1. The summed E-state index contributed by atoms with van der Waals surface area (Å²) >= 11 is 0. The minimum absolute atomic E-state index is 0.287. The molecule has 4 aromatic rings. The molecule has 0 spiro atoms. The van der Waals surface area contributed by atoms with Gasteiger partial charge in [0.15, 0.2) is 0 Å². The second-order valence-electron chi connectivity index (χ2n) is 7.70. The van der Waals surface area contributed by atoms with Gasteiger partial charge in [-0.15, -0.1) is 0 Å². The van der Waals surface area contributed by atoms with E-state index in [1.165, 1.54) is 0 Å². The van der Waals surface area contributed by atoms with Gasteiger partial charge in [0, 0.05) is 42.1 Å². The van der Waals surface area contributed by atoms with Gasteiger partial charge in [-0.2, -0.15) is 5.10 Å². The monoisotopic (exact) mass is 437 g/mol. The van der Waals surface area contributed by atoms with Gasteiger partial charge in [-0.25, -0.2) is 10.4 Å². The van der Waals surface area contributed by atoms with Crippen LogP contribution in [0.3, 0.4) is 0 Å². The highest BCUT2D eigenvalue weighted by Gasteiger charge is 2.14. The molecule has 1 aliphatic heterocycles. The summed E-state index contributed by atoms with van der Waals surface area (Å²) < 4.78 is 5.41. The summed E-state index contributed by atoms with van der Waals surface area (Å²) in [5.41, 5.74) is 7.60. The van der Waals surface area contributed by atoms with E-state index in [9.17, 15) is 4.79 Å². The third kappa shape index (κ3) is 4.73. The van der Waals surface area contributed by atoms with Crippen LogP contribution in [0.5, 0.6) is 0 Å². The number of carbonyl (C=O) groups is 1. The molecule has 5 rings (SSSR count). The number of hydrogen-bond donors (Lipinski definition) is 1. The van der Waals surface area contributed by atoms with Crippen molar-refractivity contribution in [3.05, 3.63) is 90.3 Å². The van der Waals surface area contributed by atoms with Crippen LogP contribution in [-0.4, -0.2) is 48.4 Å². The minimum Gasteiger partial charge on any atom is -0.378 e. The van der Waals surface area contributed by atoms with Crippen molar-refractivity contribution in [2.24, 2.45) is 5.10 Å². The SMILES string of the molecule is O=C(N/N=C/c1ccc(N2CCOCC2)cc1)c1cc(-c2ccncc2)nc2ccccc12. The summed E-state index contributed by atoms with van der Waals surface area (Å²) in [6.07, 6.45) is 5.06. The minimum atomic E-state index is -0.287. The molecule has 33 heavy (non-hydrogen) atoms. The number of benzene rings is 2. The normalized spacial score (nSPS) is 14.0. The molecule has 0 aliphatic carbocycles. The lowest BCUT2D eigenvalue weighted by Gasteiger charge is -2.28. The van der Waals surface area contributed by atoms with E-state index in [0.29, 0.717) is 11.3 Å². The van der Waals surface area contributed by atoms with Crippen molar-refractivity contribution in [3.8, 4) is 11.3 Å². The number of ether oxygens (including phenoxy) is 1. The number of pyridine rings is 2. The molecular formula is C26H23N5O2. The maximum absolute atomic E-state index is 13.0. The summed E-state index contributed by atoms with van der Waals surface area (Å²) in [5, 5.41) is 4.96. The number of fused-ring (bicyclic) bond motifs is 1. The highest BCUT2D eigenvalue weighted by Crippen LogP contribution is 2.24. The predicted molar refractivity (Wildman–Crippen MR) is 130 cm³/mol. The van der Waals surface area contributed by atoms with Crippen LogP contribution in [0.25, 0.3) is 22.2 Å². The third-order valence-corrected chi connectivity index (χ3v) is 5.59. The van der Waals surface area contributed by atoms with Gasteiger partial charge < -0.3 is 9.64 Å². The summed E-state index contributed by atoms with van der Waals surface area (Å²) in [7, 11) is 0. The first-order valence-electron chi connectivity index (χ1n) is 10.8. The van der Waals surface area contributed by atoms with Gasteiger partial charge in [0.25, 0.3) is 5.91 Å². The van der Waals surface area contributed by atoms with E-state index in [0.717, 1.165) is 54.0 Å². The van der Waals surface area contributed by atoms with Gasteiger partial charge in [-0.05, 0) is 42.0 Å². The van der Waals surface area contributed by atoms with Crippen LogP contribution in [-0.2, 0) is 4.74 Å². The highest BCUT2D eigenvalue weighted by molar-refractivity contribution is 6.07. The number of hydrazone groups is 1. The fraction of sp³-hybridized carbons (Fsp3) is 0.154. The van der Waals surface area contributed by atoms with Gasteiger partial charge in [0.1, 0.15) is 0 Å². The van der Waals surface area contributed by atoms with Crippen molar-refractivity contribution in [2.75, 3.05) is 31.2 Å². The molecule has 3 heterocycles. The molecular weight excluding hydrogens is 414 g/mol. The number of amides is 1. The second kappa shape index (κ2) is 9.58. The van der Waals surface area contributed by atoms with Gasteiger partial charge in [0.2, 0.25) is 0 Å². The van der Waals surface area contributed by atoms with Crippen LogP contribution < -0.4 is 10.3 Å². The third-order valence-electron chi connectivity index (χ3n) is 5.59. The maximum atomic E-state index is 13.0. The Labute approximate surface area is 191 Å². The number of nitrogens with zero attached hydrogens (tertiary/aromatic N) is 4. The average molecular weight is 438 g/mol. The molecule has 1 N–H and O–H groups in total. The Morgan fingerprint density at radius 3 is 2.55 bits per heavy atom. The Morgan fingerprint density at radius 2 is 1.76 bits per heavy atom.